The lowest BCUT2D eigenvalue weighted by Gasteiger charge is -2.11. The lowest BCUT2D eigenvalue weighted by atomic mass is 10.2. The van der Waals surface area contributed by atoms with Crippen LogP contribution in [0.2, 0.25) is 0 Å². The van der Waals surface area contributed by atoms with Gasteiger partial charge in [-0.25, -0.2) is 0 Å². The van der Waals surface area contributed by atoms with Crippen molar-refractivity contribution in [1.82, 2.24) is 9.55 Å². The maximum atomic E-state index is 12.3. The van der Waals surface area contributed by atoms with Gasteiger partial charge in [-0.1, -0.05) is 17.7 Å². The van der Waals surface area contributed by atoms with Gasteiger partial charge in [-0.05, 0) is 32.9 Å². The van der Waals surface area contributed by atoms with E-state index >= 15 is 0 Å². The van der Waals surface area contributed by atoms with Crippen LogP contribution in [0.4, 0.5) is 0 Å². The number of ether oxygens (including phenoxy) is 2. The van der Waals surface area contributed by atoms with E-state index in [1.54, 1.807) is 16.7 Å². The van der Waals surface area contributed by atoms with Crippen molar-refractivity contribution < 1.29 is 22.1 Å². The molecule has 2 heterocycles. The summed E-state index contributed by atoms with van der Waals surface area (Å²) in [5.41, 5.74) is 1.15. The van der Waals surface area contributed by atoms with Crippen LogP contribution in [0.25, 0.3) is 0 Å². The number of fused-ring (bicyclic) bond motifs is 1. The van der Waals surface area contributed by atoms with Crippen LogP contribution in [0.15, 0.2) is 40.0 Å². The number of nitrogens with zero attached hydrogens (tertiary/aromatic N) is 2. The number of aryl methyl sites for hydroxylation is 1. The van der Waals surface area contributed by atoms with Gasteiger partial charge in [0, 0.05) is 6.07 Å². The third-order valence-electron chi connectivity index (χ3n) is 4.02. The Morgan fingerprint density at radius 2 is 2.00 bits per heavy atom. The van der Waals surface area contributed by atoms with Gasteiger partial charge in [0.25, 0.3) is 15.7 Å². The molecule has 0 saturated carbocycles. The number of rotatable bonds is 7. The summed E-state index contributed by atoms with van der Waals surface area (Å²) in [6, 6.07) is 7.93. The summed E-state index contributed by atoms with van der Waals surface area (Å²) < 4.78 is 42.6. The average Bonchev–Trinajstić information content (AvgIpc) is 3.01. The van der Waals surface area contributed by atoms with Crippen molar-refractivity contribution in [2.75, 3.05) is 6.61 Å². The zero-order valence-corrected chi connectivity index (χ0v) is 16.2. The van der Waals surface area contributed by atoms with Crippen LogP contribution < -0.4 is 10.3 Å². The smallest absolute Gasteiger partial charge is 0.300 e. The summed E-state index contributed by atoms with van der Waals surface area (Å²) in [6.07, 6.45) is -0.567. The van der Waals surface area contributed by atoms with Gasteiger partial charge in [-0.15, -0.1) is 0 Å². The van der Waals surface area contributed by atoms with E-state index in [1.165, 1.54) is 18.2 Å². The SMILES string of the molecule is Cc1ccc(S(=O)(=O)OCC2Cn3c(COC(C)C)cc(=O)nc3O2)cc1. The summed E-state index contributed by atoms with van der Waals surface area (Å²) in [4.78, 5) is 15.7. The topological polar surface area (TPSA) is 96.7 Å². The molecule has 2 aromatic rings. The minimum atomic E-state index is -3.89. The summed E-state index contributed by atoms with van der Waals surface area (Å²) in [7, 11) is -3.89. The van der Waals surface area contributed by atoms with Gasteiger partial charge < -0.3 is 9.47 Å². The molecule has 9 heteroatoms. The zero-order valence-electron chi connectivity index (χ0n) is 15.4. The molecule has 1 aliphatic heterocycles. The Morgan fingerprint density at radius 3 is 2.67 bits per heavy atom. The molecule has 0 spiro atoms. The van der Waals surface area contributed by atoms with Crippen LogP contribution in [-0.4, -0.2) is 36.8 Å². The number of benzene rings is 1. The van der Waals surface area contributed by atoms with Crippen LogP contribution in [-0.2, 0) is 32.2 Å². The largest absolute Gasteiger partial charge is 0.457 e. The fraction of sp³-hybridized carbons (Fsp3) is 0.444. The highest BCUT2D eigenvalue weighted by molar-refractivity contribution is 7.86. The molecule has 0 amide bonds. The summed E-state index contributed by atoms with van der Waals surface area (Å²) in [5, 5.41) is 0. The quantitative estimate of drug-likeness (QED) is 0.659. The Kier molecular flexibility index (Phi) is 5.64. The van der Waals surface area contributed by atoms with Gasteiger partial charge in [-0.2, -0.15) is 13.4 Å². The van der Waals surface area contributed by atoms with Gasteiger partial charge in [0.05, 0.1) is 29.8 Å². The maximum Gasteiger partial charge on any atom is 0.300 e. The molecule has 0 bridgehead atoms. The molecule has 0 fully saturated rings. The first-order valence-electron chi connectivity index (χ1n) is 8.60. The molecule has 1 aromatic heterocycles. The lowest BCUT2D eigenvalue weighted by Crippen LogP contribution is -2.24. The third kappa shape index (κ3) is 4.74. The van der Waals surface area contributed by atoms with Crippen molar-refractivity contribution in [3.63, 3.8) is 0 Å². The van der Waals surface area contributed by atoms with Crippen molar-refractivity contribution in [2.24, 2.45) is 0 Å². The first-order valence-corrected chi connectivity index (χ1v) is 10.0. The Hall–Kier alpha value is -2.23. The second kappa shape index (κ2) is 7.79. The highest BCUT2D eigenvalue weighted by Crippen LogP contribution is 2.22. The van der Waals surface area contributed by atoms with Gasteiger partial charge in [0.2, 0.25) is 0 Å². The van der Waals surface area contributed by atoms with Crippen molar-refractivity contribution in [1.29, 1.82) is 0 Å². The predicted molar refractivity (Wildman–Crippen MR) is 97.2 cm³/mol. The fourth-order valence-electron chi connectivity index (χ4n) is 2.60. The molecule has 0 N–H and O–H groups in total. The molecule has 1 atom stereocenters. The van der Waals surface area contributed by atoms with Gasteiger partial charge in [0.15, 0.2) is 0 Å². The Labute approximate surface area is 157 Å². The zero-order chi connectivity index (χ0) is 19.6. The molecule has 0 saturated heterocycles. The first kappa shape index (κ1) is 19.5. The molecule has 8 nitrogen and oxygen atoms in total. The minimum Gasteiger partial charge on any atom is -0.457 e. The molecule has 1 unspecified atom stereocenters. The van der Waals surface area contributed by atoms with E-state index in [0.717, 1.165) is 5.56 Å². The van der Waals surface area contributed by atoms with Gasteiger partial charge in [0.1, 0.15) is 12.7 Å². The van der Waals surface area contributed by atoms with E-state index in [1.807, 2.05) is 20.8 Å². The van der Waals surface area contributed by atoms with Crippen molar-refractivity contribution in [2.45, 2.75) is 51.0 Å². The van der Waals surface area contributed by atoms with Crippen molar-refractivity contribution >= 4 is 10.1 Å². The lowest BCUT2D eigenvalue weighted by molar-refractivity contribution is 0.0613. The first-order chi connectivity index (χ1) is 12.7. The molecular formula is C18H22N2O6S. The molecule has 0 radical (unpaired) electrons. The van der Waals surface area contributed by atoms with E-state index in [0.29, 0.717) is 12.2 Å². The fourth-order valence-corrected chi connectivity index (χ4v) is 3.54. The highest BCUT2D eigenvalue weighted by atomic mass is 32.2. The highest BCUT2D eigenvalue weighted by Gasteiger charge is 2.28. The molecule has 27 heavy (non-hydrogen) atoms. The number of aromatic nitrogens is 2. The van der Waals surface area contributed by atoms with Crippen LogP contribution >= 0.6 is 0 Å². The van der Waals surface area contributed by atoms with E-state index in [9.17, 15) is 13.2 Å². The van der Waals surface area contributed by atoms with Gasteiger partial charge in [-0.3, -0.25) is 13.5 Å². The summed E-state index contributed by atoms with van der Waals surface area (Å²) >= 11 is 0. The standard InChI is InChI=1S/C18H22N2O6S/c1-12(2)24-10-14-8-17(21)19-18-20(14)9-15(26-18)11-25-27(22,23)16-6-4-13(3)5-7-16/h4-8,12,15H,9-11H2,1-3H3. The Balaban J connectivity index is 1.68. The molecule has 0 aliphatic carbocycles. The number of hydrogen-bond donors (Lipinski definition) is 0. The van der Waals surface area contributed by atoms with Crippen molar-refractivity contribution in [3.8, 4) is 6.01 Å². The van der Waals surface area contributed by atoms with E-state index in [-0.39, 0.29) is 30.2 Å². The van der Waals surface area contributed by atoms with E-state index < -0.39 is 21.8 Å². The van der Waals surface area contributed by atoms with Crippen molar-refractivity contribution in [3.05, 3.63) is 51.9 Å². The Bertz CT molecular complexity index is 966. The molecule has 146 valence electrons. The normalized spacial score (nSPS) is 16.4. The monoisotopic (exact) mass is 394 g/mol. The van der Waals surface area contributed by atoms with Crippen LogP contribution in [0.1, 0.15) is 25.1 Å². The van der Waals surface area contributed by atoms with E-state index in [2.05, 4.69) is 4.98 Å². The third-order valence-corrected chi connectivity index (χ3v) is 5.31. The average molecular weight is 394 g/mol. The van der Waals surface area contributed by atoms with E-state index in [4.69, 9.17) is 13.7 Å². The molecule has 1 aromatic carbocycles. The number of hydrogen-bond acceptors (Lipinski definition) is 7. The molecule has 3 rings (SSSR count). The predicted octanol–water partition coefficient (Wildman–Crippen LogP) is 1.64. The van der Waals surface area contributed by atoms with Gasteiger partial charge >= 0.3 is 6.01 Å². The summed E-state index contributed by atoms with van der Waals surface area (Å²) in [5.74, 6) is 0. The second-order valence-corrected chi connectivity index (χ2v) is 8.25. The minimum absolute atomic E-state index is 0.00520. The summed E-state index contributed by atoms with van der Waals surface area (Å²) in [6.45, 7) is 6.04. The molecular weight excluding hydrogens is 372 g/mol. The maximum absolute atomic E-state index is 12.3. The van der Waals surface area contributed by atoms with Crippen LogP contribution in [0.3, 0.4) is 0 Å². The van der Waals surface area contributed by atoms with Crippen LogP contribution in [0.5, 0.6) is 6.01 Å². The van der Waals surface area contributed by atoms with Crippen LogP contribution in [0, 0.1) is 6.92 Å². The Morgan fingerprint density at radius 1 is 1.30 bits per heavy atom. The molecule has 1 aliphatic rings. The second-order valence-electron chi connectivity index (χ2n) is 6.63.